The molecule has 0 bridgehead atoms. The summed E-state index contributed by atoms with van der Waals surface area (Å²) < 4.78 is 0. The minimum absolute atomic E-state index is 0.163. The summed E-state index contributed by atoms with van der Waals surface area (Å²) in [6.45, 7) is 1.89. The fourth-order valence-corrected chi connectivity index (χ4v) is 2.31. The zero-order chi connectivity index (χ0) is 14.8. The SMILES string of the molecule is Cc1ccc(N)cc1C(=O)Nc1cccc2cnccc12. The third kappa shape index (κ3) is 2.56. The third-order valence-electron chi connectivity index (χ3n) is 3.44. The van der Waals surface area contributed by atoms with E-state index in [9.17, 15) is 4.79 Å². The van der Waals surface area contributed by atoms with E-state index in [0.29, 0.717) is 11.3 Å². The van der Waals surface area contributed by atoms with E-state index in [2.05, 4.69) is 10.3 Å². The van der Waals surface area contributed by atoms with Gasteiger partial charge in [0.15, 0.2) is 0 Å². The molecule has 1 aromatic heterocycles. The standard InChI is InChI=1S/C17H15N3O/c1-11-5-6-13(18)9-15(11)17(21)20-16-4-2-3-12-10-19-8-7-14(12)16/h2-10H,18H2,1H3,(H,20,21). The highest BCUT2D eigenvalue weighted by Crippen LogP contribution is 2.23. The summed E-state index contributed by atoms with van der Waals surface area (Å²) in [7, 11) is 0. The summed E-state index contributed by atoms with van der Waals surface area (Å²) in [5.41, 5.74) is 8.58. The Bertz CT molecular complexity index is 822. The van der Waals surface area contributed by atoms with Crippen LogP contribution >= 0.6 is 0 Å². The van der Waals surface area contributed by atoms with E-state index in [0.717, 1.165) is 22.0 Å². The number of aryl methyl sites for hydroxylation is 1. The van der Waals surface area contributed by atoms with Gasteiger partial charge in [-0.2, -0.15) is 0 Å². The molecular formula is C17H15N3O. The third-order valence-corrected chi connectivity index (χ3v) is 3.44. The quantitative estimate of drug-likeness (QED) is 0.706. The van der Waals surface area contributed by atoms with Crippen LogP contribution < -0.4 is 11.1 Å². The maximum Gasteiger partial charge on any atom is 0.256 e. The molecule has 1 heterocycles. The average molecular weight is 277 g/mol. The highest BCUT2D eigenvalue weighted by atomic mass is 16.1. The molecule has 0 aliphatic rings. The Hall–Kier alpha value is -2.88. The van der Waals surface area contributed by atoms with Crippen LogP contribution in [0.3, 0.4) is 0 Å². The molecular weight excluding hydrogens is 262 g/mol. The van der Waals surface area contributed by atoms with Gasteiger partial charge in [0.2, 0.25) is 0 Å². The number of anilines is 2. The minimum Gasteiger partial charge on any atom is -0.399 e. The van der Waals surface area contributed by atoms with Crippen LogP contribution in [0.4, 0.5) is 11.4 Å². The normalized spacial score (nSPS) is 10.5. The molecule has 2 aromatic carbocycles. The smallest absolute Gasteiger partial charge is 0.256 e. The summed E-state index contributed by atoms with van der Waals surface area (Å²) in [4.78, 5) is 16.5. The molecule has 0 atom stereocenters. The van der Waals surface area contributed by atoms with Gasteiger partial charge in [-0.1, -0.05) is 18.2 Å². The molecule has 0 saturated heterocycles. The van der Waals surface area contributed by atoms with Gasteiger partial charge in [0.25, 0.3) is 5.91 Å². The lowest BCUT2D eigenvalue weighted by Gasteiger charge is -2.10. The van der Waals surface area contributed by atoms with Gasteiger partial charge in [0.05, 0.1) is 0 Å². The predicted molar refractivity (Wildman–Crippen MR) is 85.3 cm³/mol. The fourth-order valence-electron chi connectivity index (χ4n) is 2.31. The summed E-state index contributed by atoms with van der Waals surface area (Å²) >= 11 is 0. The van der Waals surface area contributed by atoms with Crippen molar-refractivity contribution >= 4 is 28.1 Å². The van der Waals surface area contributed by atoms with Gasteiger partial charge in [-0.25, -0.2) is 0 Å². The molecule has 4 nitrogen and oxygen atoms in total. The number of nitrogens with two attached hydrogens (primary N) is 1. The number of carbonyl (C=O) groups is 1. The Labute approximate surface area is 122 Å². The Balaban J connectivity index is 1.99. The number of nitrogens with zero attached hydrogens (tertiary/aromatic N) is 1. The summed E-state index contributed by atoms with van der Waals surface area (Å²) in [5, 5.41) is 4.89. The van der Waals surface area contributed by atoms with Crippen LogP contribution in [0.2, 0.25) is 0 Å². The topological polar surface area (TPSA) is 68.0 Å². The van der Waals surface area contributed by atoms with Gasteiger partial charge in [-0.3, -0.25) is 9.78 Å². The van der Waals surface area contributed by atoms with Crippen molar-refractivity contribution in [2.45, 2.75) is 6.92 Å². The summed E-state index contributed by atoms with van der Waals surface area (Å²) in [6, 6.07) is 12.9. The molecule has 0 saturated carbocycles. The lowest BCUT2D eigenvalue weighted by molar-refractivity contribution is 0.102. The number of carbonyl (C=O) groups excluding carboxylic acids is 1. The Morgan fingerprint density at radius 1 is 1.19 bits per heavy atom. The molecule has 104 valence electrons. The minimum atomic E-state index is -0.163. The molecule has 3 rings (SSSR count). The Morgan fingerprint density at radius 2 is 2.05 bits per heavy atom. The Morgan fingerprint density at radius 3 is 2.90 bits per heavy atom. The molecule has 3 N–H and O–H groups in total. The van der Waals surface area contributed by atoms with Gasteiger partial charge in [0, 0.05) is 40.1 Å². The van der Waals surface area contributed by atoms with E-state index >= 15 is 0 Å². The lowest BCUT2D eigenvalue weighted by Crippen LogP contribution is -2.14. The number of amides is 1. The van der Waals surface area contributed by atoms with Gasteiger partial charge >= 0.3 is 0 Å². The van der Waals surface area contributed by atoms with E-state index in [4.69, 9.17) is 5.73 Å². The van der Waals surface area contributed by atoms with Gasteiger partial charge in [-0.15, -0.1) is 0 Å². The first-order valence-electron chi connectivity index (χ1n) is 6.65. The largest absolute Gasteiger partial charge is 0.399 e. The maximum atomic E-state index is 12.4. The average Bonchev–Trinajstić information content (AvgIpc) is 2.50. The molecule has 0 radical (unpaired) electrons. The summed E-state index contributed by atoms with van der Waals surface area (Å²) in [6.07, 6.45) is 3.49. The van der Waals surface area contributed by atoms with Crippen molar-refractivity contribution in [3.63, 3.8) is 0 Å². The number of rotatable bonds is 2. The molecule has 4 heteroatoms. The zero-order valence-electron chi connectivity index (χ0n) is 11.6. The van der Waals surface area contributed by atoms with E-state index in [1.165, 1.54) is 0 Å². The van der Waals surface area contributed by atoms with Crippen LogP contribution in [0.1, 0.15) is 15.9 Å². The second-order valence-electron chi connectivity index (χ2n) is 4.93. The highest BCUT2D eigenvalue weighted by molar-refractivity contribution is 6.10. The van der Waals surface area contributed by atoms with E-state index in [-0.39, 0.29) is 5.91 Å². The molecule has 0 aliphatic carbocycles. The maximum absolute atomic E-state index is 12.4. The molecule has 0 fully saturated rings. The van der Waals surface area contributed by atoms with Crippen LogP contribution in [0.5, 0.6) is 0 Å². The van der Waals surface area contributed by atoms with Crippen molar-refractivity contribution < 1.29 is 4.79 Å². The number of aromatic nitrogens is 1. The molecule has 0 unspecified atom stereocenters. The van der Waals surface area contributed by atoms with Crippen LogP contribution in [0, 0.1) is 6.92 Å². The fraction of sp³-hybridized carbons (Fsp3) is 0.0588. The molecule has 0 aliphatic heterocycles. The van der Waals surface area contributed by atoms with Gasteiger partial charge in [0.1, 0.15) is 0 Å². The number of nitrogens with one attached hydrogen (secondary N) is 1. The van der Waals surface area contributed by atoms with Gasteiger partial charge in [-0.05, 0) is 36.8 Å². The number of nitrogen functional groups attached to an aromatic ring is 1. The van der Waals surface area contributed by atoms with Crippen molar-refractivity contribution in [3.05, 3.63) is 66.0 Å². The van der Waals surface area contributed by atoms with Crippen LogP contribution in [0.15, 0.2) is 54.9 Å². The number of hydrogen-bond donors (Lipinski definition) is 2. The van der Waals surface area contributed by atoms with Crippen molar-refractivity contribution in [1.82, 2.24) is 4.98 Å². The number of hydrogen-bond acceptors (Lipinski definition) is 3. The summed E-state index contributed by atoms with van der Waals surface area (Å²) in [5.74, 6) is -0.163. The molecule has 1 amide bonds. The zero-order valence-corrected chi connectivity index (χ0v) is 11.6. The first kappa shape index (κ1) is 13.1. The molecule has 0 spiro atoms. The van der Waals surface area contributed by atoms with Crippen LogP contribution in [-0.2, 0) is 0 Å². The number of pyridine rings is 1. The van der Waals surface area contributed by atoms with Crippen molar-refractivity contribution in [2.24, 2.45) is 0 Å². The Kier molecular flexibility index (Phi) is 3.28. The van der Waals surface area contributed by atoms with E-state index in [1.807, 2.05) is 37.3 Å². The van der Waals surface area contributed by atoms with Crippen molar-refractivity contribution in [3.8, 4) is 0 Å². The number of fused-ring (bicyclic) bond motifs is 1. The number of benzene rings is 2. The van der Waals surface area contributed by atoms with Crippen LogP contribution in [0.25, 0.3) is 10.8 Å². The predicted octanol–water partition coefficient (Wildman–Crippen LogP) is 3.38. The van der Waals surface area contributed by atoms with Gasteiger partial charge < -0.3 is 11.1 Å². The second-order valence-corrected chi connectivity index (χ2v) is 4.93. The van der Waals surface area contributed by atoms with Crippen LogP contribution in [-0.4, -0.2) is 10.9 Å². The first-order chi connectivity index (χ1) is 10.1. The lowest BCUT2D eigenvalue weighted by atomic mass is 10.1. The van der Waals surface area contributed by atoms with Crippen molar-refractivity contribution in [1.29, 1.82) is 0 Å². The van der Waals surface area contributed by atoms with Crippen molar-refractivity contribution in [2.75, 3.05) is 11.1 Å². The van der Waals surface area contributed by atoms with E-state index in [1.54, 1.807) is 24.5 Å². The van der Waals surface area contributed by atoms with E-state index < -0.39 is 0 Å². The molecule has 3 aromatic rings. The second kappa shape index (κ2) is 5.25. The highest BCUT2D eigenvalue weighted by Gasteiger charge is 2.11. The first-order valence-corrected chi connectivity index (χ1v) is 6.65. The monoisotopic (exact) mass is 277 g/mol. The molecule has 21 heavy (non-hydrogen) atoms.